The predicted octanol–water partition coefficient (Wildman–Crippen LogP) is 0.727. The Hall–Kier alpha value is -2.63. The van der Waals surface area contributed by atoms with Gasteiger partial charge in [-0.2, -0.15) is 0 Å². The van der Waals surface area contributed by atoms with Crippen molar-refractivity contribution >= 4 is 5.78 Å². The molecule has 2 aromatic rings. The van der Waals surface area contributed by atoms with Gasteiger partial charge in [0.2, 0.25) is 0 Å². The number of carbonyl (C=O) groups is 1. The minimum absolute atomic E-state index is 0.398. The van der Waals surface area contributed by atoms with Crippen molar-refractivity contribution in [1.29, 1.82) is 0 Å². The largest absolute Gasteiger partial charge is 0.859 e. The Morgan fingerprint density at radius 3 is 2.14 bits per heavy atom. The van der Waals surface area contributed by atoms with Gasteiger partial charge in [-0.1, -0.05) is 17.7 Å². The van der Waals surface area contributed by atoms with Gasteiger partial charge in [-0.25, -0.2) is 4.79 Å². The van der Waals surface area contributed by atoms with Crippen LogP contribution in [0.4, 0.5) is 0 Å². The first-order chi connectivity index (χ1) is 9.73. The molecule has 110 valence electrons. The molecule has 0 saturated carbocycles. The number of benzene rings is 1. The molecule has 1 aromatic carbocycles. The van der Waals surface area contributed by atoms with Gasteiger partial charge in [0.1, 0.15) is 0 Å². The molecule has 21 heavy (non-hydrogen) atoms. The number of ketones is 1. The molecule has 0 aliphatic carbocycles. The van der Waals surface area contributed by atoms with Crippen LogP contribution in [0.25, 0.3) is 5.69 Å². The van der Waals surface area contributed by atoms with Gasteiger partial charge in [-0.15, -0.1) is 0 Å². The highest BCUT2D eigenvalue weighted by Crippen LogP contribution is 2.23. The standard InChI is InChI=1S/C15H16N2O4/c1-7-5-8(2)12(9(3)6-7)17-14(20)11(10(4)18)13(19)16-15(17)21/h5-6,20H,1-4H3,(H,16,19,21)/p-1. The lowest BCUT2D eigenvalue weighted by Crippen LogP contribution is -2.35. The predicted molar refractivity (Wildman–Crippen MR) is 76.3 cm³/mol. The summed E-state index contributed by atoms with van der Waals surface area (Å²) in [7, 11) is 0. The van der Waals surface area contributed by atoms with E-state index in [2.05, 4.69) is 0 Å². The summed E-state index contributed by atoms with van der Waals surface area (Å²) in [6, 6.07) is 3.65. The molecule has 0 spiro atoms. The van der Waals surface area contributed by atoms with E-state index in [-0.39, 0.29) is 0 Å². The highest BCUT2D eigenvalue weighted by atomic mass is 16.3. The average Bonchev–Trinajstić information content (AvgIpc) is 2.30. The number of carbonyl (C=O) groups excluding carboxylic acids is 1. The van der Waals surface area contributed by atoms with Gasteiger partial charge in [-0.05, 0) is 44.7 Å². The van der Waals surface area contributed by atoms with E-state index in [9.17, 15) is 19.5 Å². The third kappa shape index (κ3) is 2.40. The topological polar surface area (TPSA) is 95.0 Å². The van der Waals surface area contributed by atoms with Crippen molar-refractivity contribution in [3.63, 3.8) is 0 Å². The molecule has 0 aliphatic heterocycles. The van der Waals surface area contributed by atoms with Crippen LogP contribution in [-0.4, -0.2) is 15.3 Å². The quantitative estimate of drug-likeness (QED) is 0.824. The minimum Gasteiger partial charge on any atom is -0.859 e. The van der Waals surface area contributed by atoms with E-state index >= 15 is 0 Å². The molecule has 0 radical (unpaired) electrons. The Kier molecular flexibility index (Phi) is 3.55. The highest BCUT2D eigenvalue weighted by molar-refractivity contribution is 5.95. The van der Waals surface area contributed by atoms with Crippen LogP contribution in [0.1, 0.15) is 34.0 Å². The molecule has 0 bridgehead atoms. The molecule has 6 heteroatoms. The van der Waals surface area contributed by atoms with Crippen LogP contribution in [0.5, 0.6) is 5.88 Å². The molecule has 0 aliphatic rings. The van der Waals surface area contributed by atoms with Crippen LogP contribution in [0.3, 0.4) is 0 Å². The van der Waals surface area contributed by atoms with E-state index in [0.717, 1.165) is 17.1 Å². The fraction of sp³-hybridized carbons (Fsp3) is 0.267. The van der Waals surface area contributed by atoms with Crippen LogP contribution < -0.4 is 16.4 Å². The van der Waals surface area contributed by atoms with Crippen LogP contribution in [0.2, 0.25) is 0 Å². The van der Waals surface area contributed by atoms with Crippen LogP contribution >= 0.6 is 0 Å². The van der Waals surface area contributed by atoms with E-state index < -0.39 is 28.5 Å². The molecular weight excluding hydrogens is 272 g/mol. The Morgan fingerprint density at radius 2 is 1.67 bits per heavy atom. The van der Waals surface area contributed by atoms with E-state index in [4.69, 9.17) is 0 Å². The number of Topliss-reactive ketones (excluding diaryl/α,β-unsaturated/α-hetero) is 1. The normalized spacial score (nSPS) is 10.7. The van der Waals surface area contributed by atoms with E-state index in [1.165, 1.54) is 0 Å². The van der Waals surface area contributed by atoms with Crippen molar-refractivity contribution in [3.05, 3.63) is 55.2 Å². The molecule has 0 saturated heterocycles. The van der Waals surface area contributed by atoms with E-state index in [0.29, 0.717) is 16.8 Å². The molecular formula is C15H15N2O4-. The maximum Gasteiger partial charge on any atom is 0.332 e. The zero-order chi connectivity index (χ0) is 15.9. The number of aryl methyl sites for hydroxylation is 3. The summed E-state index contributed by atoms with van der Waals surface area (Å²) >= 11 is 0. The number of hydrogen-bond acceptors (Lipinski definition) is 4. The second-order valence-electron chi connectivity index (χ2n) is 5.08. The Labute approximate surface area is 120 Å². The van der Waals surface area contributed by atoms with Gasteiger partial charge in [0.15, 0.2) is 5.78 Å². The lowest BCUT2D eigenvalue weighted by Gasteiger charge is -2.21. The van der Waals surface area contributed by atoms with Gasteiger partial charge >= 0.3 is 5.69 Å². The number of hydrogen-bond donors (Lipinski definition) is 1. The molecule has 0 atom stereocenters. The summed E-state index contributed by atoms with van der Waals surface area (Å²) in [6.07, 6.45) is 0. The first-order valence-corrected chi connectivity index (χ1v) is 6.39. The van der Waals surface area contributed by atoms with Gasteiger partial charge in [0, 0.05) is 0 Å². The van der Waals surface area contributed by atoms with Gasteiger partial charge in [-0.3, -0.25) is 19.1 Å². The molecule has 0 amide bonds. The summed E-state index contributed by atoms with van der Waals surface area (Å²) in [5, 5.41) is 12.4. The van der Waals surface area contributed by atoms with Gasteiger partial charge < -0.3 is 5.11 Å². The number of aromatic nitrogens is 2. The molecule has 1 aromatic heterocycles. The number of nitrogens with zero attached hydrogens (tertiary/aromatic N) is 1. The zero-order valence-electron chi connectivity index (χ0n) is 12.2. The summed E-state index contributed by atoms with van der Waals surface area (Å²) < 4.78 is 0.849. The van der Waals surface area contributed by atoms with Crippen molar-refractivity contribution in [1.82, 2.24) is 9.55 Å². The maximum atomic E-state index is 12.4. The highest BCUT2D eigenvalue weighted by Gasteiger charge is 2.15. The van der Waals surface area contributed by atoms with E-state index in [1.54, 1.807) is 13.8 Å². The Bertz CT molecular complexity index is 836. The monoisotopic (exact) mass is 287 g/mol. The number of nitrogens with one attached hydrogen (secondary N) is 1. The summed E-state index contributed by atoms with van der Waals surface area (Å²) in [4.78, 5) is 37.1. The van der Waals surface area contributed by atoms with Crippen LogP contribution in [0.15, 0.2) is 21.7 Å². The van der Waals surface area contributed by atoms with E-state index in [1.807, 2.05) is 24.0 Å². The fourth-order valence-electron chi connectivity index (χ4n) is 2.56. The molecule has 1 heterocycles. The van der Waals surface area contributed by atoms with Gasteiger partial charge in [0.25, 0.3) is 5.56 Å². The zero-order valence-corrected chi connectivity index (χ0v) is 12.2. The Balaban J connectivity index is 2.96. The molecule has 0 unspecified atom stereocenters. The molecule has 2 rings (SSSR count). The first kappa shape index (κ1) is 14.8. The molecule has 0 fully saturated rings. The molecule has 1 N–H and O–H groups in total. The van der Waals surface area contributed by atoms with Crippen molar-refractivity contribution in [2.45, 2.75) is 27.7 Å². The summed E-state index contributed by atoms with van der Waals surface area (Å²) in [5.41, 5.74) is 0.497. The first-order valence-electron chi connectivity index (χ1n) is 6.39. The summed E-state index contributed by atoms with van der Waals surface area (Å²) in [6.45, 7) is 6.55. The third-order valence-corrected chi connectivity index (χ3v) is 3.28. The summed E-state index contributed by atoms with van der Waals surface area (Å²) in [5.74, 6) is -1.55. The average molecular weight is 287 g/mol. The maximum absolute atomic E-state index is 12.4. The fourth-order valence-corrected chi connectivity index (χ4v) is 2.56. The van der Waals surface area contributed by atoms with Crippen molar-refractivity contribution in [3.8, 4) is 11.6 Å². The minimum atomic E-state index is -0.948. The molecule has 6 nitrogen and oxygen atoms in total. The van der Waals surface area contributed by atoms with Crippen LogP contribution in [-0.2, 0) is 0 Å². The van der Waals surface area contributed by atoms with Crippen molar-refractivity contribution < 1.29 is 9.90 Å². The lowest BCUT2D eigenvalue weighted by atomic mass is 10.0. The van der Waals surface area contributed by atoms with Crippen LogP contribution in [0, 0.1) is 20.8 Å². The number of aromatic amines is 1. The lowest BCUT2D eigenvalue weighted by molar-refractivity contribution is -0.278. The van der Waals surface area contributed by atoms with Crippen molar-refractivity contribution in [2.24, 2.45) is 0 Å². The number of rotatable bonds is 2. The Morgan fingerprint density at radius 1 is 1.14 bits per heavy atom. The third-order valence-electron chi connectivity index (χ3n) is 3.28. The smallest absolute Gasteiger partial charge is 0.332 e. The second-order valence-corrected chi connectivity index (χ2v) is 5.08. The number of H-pyrrole nitrogens is 1. The second kappa shape index (κ2) is 5.05. The van der Waals surface area contributed by atoms with Gasteiger partial charge in [0.05, 0.1) is 11.3 Å². The SMILES string of the molecule is CC(=O)c1c([O-])n(-c2c(C)cc(C)cc2C)c(=O)[nH]c1=O. The van der Waals surface area contributed by atoms with Crippen molar-refractivity contribution in [2.75, 3.05) is 0 Å².